The summed E-state index contributed by atoms with van der Waals surface area (Å²) in [5.74, 6) is -0.425. The van der Waals surface area contributed by atoms with Crippen molar-refractivity contribution in [2.75, 3.05) is 17.7 Å². The summed E-state index contributed by atoms with van der Waals surface area (Å²) in [6.45, 7) is 3.62. The molecule has 2 aromatic rings. The second-order valence-corrected chi connectivity index (χ2v) is 5.05. The highest BCUT2D eigenvalue weighted by atomic mass is 16.5. The number of methoxy groups -OCH3 is 1. The minimum atomic E-state index is -0.568. The molecule has 0 heterocycles. The molecule has 0 bridgehead atoms. The number of anilines is 2. The van der Waals surface area contributed by atoms with Crippen LogP contribution < -0.4 is 10.6 Å². The number of ether oxygens (including phenoxy) is 1. The number of phenols is 1. The fourth-order valence-electron chi connectivity index (χ4n) is 1.99. The van der Waals surface area contributed by atoms with Crippen LogP contribution in [0.1, 0.15) is 21.5 Å². The van der Waals surface area contributed by atoms with E-state index in [1.165, 1.54) is 7.11 Å². The molecule has 0 aliphatic carbocycles. The van der Waals surface area contributed by atoms with Gasteiger partial charge in [0.2, 0.25) is 0 Å². The Labute approximate surface area is 134 Å². The summed E-state index contributed by atoms with van der Waals surface area (Å²) in [6, 6.07) is 9.91. The molecule has 3 N–H and O–H groups in total. The Morgan fingerprint density at radius 2 is 1.52 bits per heavy atom. The Kier molecular flexibility index (Phi) is 4.85. The average Bonchev–Trinajstić information content (AvgIpc) is 2.54. The lowest BCUT2D eigenvalue weighted by molar-refractivity contribution is 0.102. The maximum Gasteiger partial charge on any atom is 0.411 e. The molecule has 0 spiro atoms. The van der Waals surface area contributed by atoms with Crippen LogP contribution in [0.15, 0.2) is 36.4 Å². The fourth-order valence-corrected chi connectivity index (χ4v) is 1.99. The predicted molar refractivity (Wildman–Crippen MR) is 88.0 cm³/mol. The standard InChI is InChI=1S/C17H18N2O4/c1-10-4-9-14(15(20)11(10)2)16(21)18-12-5-7-13(8-6-12)19-17(22)23-3/h4-9,20H,1-3H3,(H,18,21)(H,19,22). The zero-order valence-electron chi connectivity index (χ0n) is 13.1. The Hall–Kier alpha value is -3.02. The second-order valence-electron chi connectivity index (χ2n) is 5.05. The number of amides is 2. The third kappa shape index (κ3) is 3.79. The van der Waals surface area contributed by atoms with E-state index in [0.717, 1.165) is 5.56 Å². The topological polar surface area (TPSA) is 87.7 Å². The van der Waals surface area contributed by atoms with E-state index in [9.17, 15) is 14.7 Å². The first kappa shape index (κ1) is 16.4. The maximum atomic E-state index is 12.2. The highest BCUT2D eigenvalue weighted by Gasteiger charge is 2.14. The molecule has 2 rings (SSSR count). The molecule has 2 aromatic carbocycles. The van der Waals surface area contributed by atoms with Crippen molar-refractivity contribution in [3.05, 3.63) is 53.1 Å². The van der Waals surface area contributed by atoms with Gasteiger partial charge >= 0.3 is 6.09 Å². The van der Waals surface area contributed by atoms with Gasteiger partial charge < -0.3 is 15.2 Å². The third-order valence-electron chi connectivity index (χ3n) is 3.52. The molecule has 0 atom stereocenters. The average molecular weight is 314 g/mol. The molecule has 0 radical (unpaired) electrons. The number of aryl methyl sites for hydroxylation is 1. The van der Waals surface area contributed by atoms with Crippen LogP contribution in [-0.4, -0.2) is 24.2 Å². The quantitative estimate of drug-likeness (QED) is 0.810. The van der Waals surface area contributed by atoms with Gasteiger partial charge in [0, 0.05) is 11.4 Å². The third-order valence-corrected chi connectivity index (χ3v) is 3.52. The van der Waals surface area contributed by atoms with Crippen molar-refractivity contribution in [3.8, 4) is 5.75 Å². The van der Waals surface area contributed by atoms with Crippen molar-refractivity contribution < 1.29 is 19.4 Å². The molecular weight excluding hydrogens is 296 g/mol. The molecule has 0 aromatic heterocycles. The summed E-state index contributed by atoms with van der Waals surface area (Å²) in [4.78, 5) is 23.3. The molecule has 0 saturated carbocycles. The van der Waals surface area contributed by atoms with Crippen LogP contribution in [0, 0.1) is 13.8 Å². The zero-order chi connectivity index (χ0) is 17.0. The molecule has 6 nitrogen and oxygen atoms in total. The molecule has 0 aliphatic heterocycles. The van der Waals surface area contributed by atoms with Gasteiger partial charge in [-0.1, -0.05) is 6.07 Å². The predicted octanol–water partition coefficient (Wildman–Crippen LogP) is 3.44. The molecule has 2 amide bonds. The van der Waals surface area contributed by atoms with Crippen LogP contribution in [-0.2, 0) is 4.74 Å². The van der Waals surface area contributed by atoms with Gasteiger partial charge in [0.15, 0.2) is 0 Å². The smallest absolute Gasteiger partial charge is 0.411 e. The number of benzene rings is 2. The van der Waals surface area contributed by atoms with Gasteiger partial charge in [-0.05, 0) is 55.3 Å². The number of phenolic OH excluding ortho intramolecular Hbond substituents is 1. The monoisotopic (exact) mass is 314 g/mol. The van der Waals surface area contributed by atoms with Crippen LogP contribution in [0.5, 0.6) is 5.75 Å². The Balaban J connectivity index is 2.12. The first-order valence-corrected chi connectivity index (χ1v) is 6.98. The molecule has 0 fully saturated rings. The zero-order valence-corrected chi connectivity index (χ0v) is 13.1. The summed E-state index contributed by atoms with van der Waals surface area (Å²) in [5.41, 5.74) is 2.89. The number of hydrogen-bond acceptors (Lipinski definition) is 4. The van der Waals surface area contributed by atoms with Crippen LogP contribution in [0.2, 0.25) is 0 Å². The number of hydrogen-bond donors (Lipinski definition) is 3. The van der Waals surface area contributed by atoms with E-state index in [2.05, 4.69) is 15.4 Å². The van der Waals surface area contributed by atoms with Gasteiger partial charge in [-0.2, -0.15) is 0 Å². The van der Waals surface area contributed by atoms with E-state index in [1.807, 2.05) is 6.92 Å². The van der Waals surface area contributed by atoms with Crippen LogP contribution in [0.3, 0.4) is 0 Å². The number of carbonyl (C=O) groups excluding carboxylic acids is 2. The minimum absolute atomic E-state index is 0.0218. The summed E-state index contributed by atoms with van der Waals surface area (Å²) in [7, 11) is 1.28. The van der Waals surface area contributed by atoms with Crippen LogP contribution in [0.25, 0.3) is 0 Å². The Morgan fingerprint density at radius 1 is 0.957 bits per heavy atom. The first-order valence-electron chi connectivity index (χ1n) is 6.98. The molecule has 0 aliphatic rings. The maximum absolute atomic E-state index is 12.2. The van der Waals surface area contributed by atoms with Gasteiger partial charge in [0.05, 0.1) is 12.7 Å². The van der Waals surface area contributed by atoms with Gasteiger partial charge in [0.25, 0.3) is 5.91 Å². The van der Waals surface area contributed by atoms with E-state index >= 15 is 0 Å². The molecular formula is C17H18N2O4. The lowest BCUT2D eigenvalue weighted by Gasteiger charge is -2.11. The van der Waals surface area contributed by atoms with Crippen molar-refractivity contribution in [1.82, 2.24) is 0 Å². The fraction of sp³-hybridized carbons (Fsp3) is 0.176. The number of rotatable bonds is 3. The molecule has 6 heteroatoms. The van der Waals surface area contributed by atoms with Crippen molar-refractivity contribution in [3.63, 3.8) is 0 Å². The highest BCUT2D eigenvalue weighted by Crippen LogP contribution is 2.25. The van der Waals surface area contributed by atoms with E-state index in [1.54, 1.807) is 43.3 Å². The Morgan fingerprint density at radius 3 is 2.09 bits per heavy atom. The molecule has 120 valence electrons. The van der Waals surface area contributed by atoms with Crippen molar-refractivity contribution in [2.45, 2.75) is 13.8 Å². The summed E-state index contributed by atoms with van der Waals surface area (Å²) in [6.07, 6.45) is -0.568. The number of carbonyl (C=O) groups is 2. The SMILES string of the molecule is COC(=O)Nc1ccc(NC(=O)c2ccc(C)c(C)c2O)cc1. The van der Waals surface area contributed by atoms with Gasteiger partial charge in [-0.25, -0.2) is 4.79 Å². The normalized spacial score (nSPS) is 10.0. The van der Waals surface area contributed by atoms with Crippen molar-refractivity contribution >= 4 is 23.4 Å². The summed E-state index contributed by atoms with van der Waals surface area (Å²) < 4.78 is 4.49. The summed E-state index contributed by atoms with van der Waals surface area (Å²) >= 11 is 0. The van der Waals surface area contributed by atoms with E-state index in [-0.39, 0.29) is 11.3 Å². The van der Waals surface area contributed by atoms with E-state index < -0.39 is 12.0 Å². The second kappa shape index (κ2) is 6.83. The van der Waals surface area contributed by atoms with Crippen LogP contribution >= 0.6 is 0 Å². The van der Waals surface area contributed by atoms with Crippen molar-refractivity contribution in [2.24, 2.45) is 0 Å². The Bertz CT molecular complexity index is 739. The number of aromatic hydroxyl groups is 1. The van der Waals surface area contributed by atoms with Crippen molar-refractivity contribution in [1.29, 1.82) is 0 Å². The van der Waals surface area contributed by atoms with Gasteiger partial charge in [0.1, 0.15) is 5.75 Å². The minimum Gasteiger partial charge on any atom is -0.507 e. The summed E-state index contributed by atoms with van der Waals surface area (Å²) in [5, 5.41) is 15.3. The largest absolute Gasteiger partial charge is 0.507 e. The molecule has 0 saturated heterocycles. The molecule has 23 heavy (non-hydrogen) atoms. The number of nitrogens with one attached hydrogen (secondary N) is 2. The van der Waals surface area contributed by atoms with E-state index in [0.29, 0.717) is 16.9 Å². The van der Waals surface area contributed by atoms with Gasteiger partial charge in [-0.3, -0.25) is 10.1 Å². The first-order chi connectivity index (χ1) is 10.9. The highest BCUT2D eigenvalue weighted by molar-refractivity contribution is 6.06. The van der Waals surface area contributed by atoms with Crippen LogP contribution in [0.4, 0.5) is 16.2 Å². The van der Waals surface area contributed by atoms with Gasteiger partial charge in [-0.15, -0.1) is 0 Å². The lowest BCUT2D eigenvalue weighted by atomic mass is 10.0. The van der Waals surface area contributed by atoms with E-state index in [4.69, 9.17) is 0 Å². The lowest BCUT2D eigenvalue weighted by Crippen LogP contribution is -2.13. The molecule has 0 unspecified atom stereocenters.